The minimum Gasteiger partial charge on any atom is -0.467 e. The molecule has 28 heavy (non-hydrogen) atoms. The summed E-state index contributed by atoms with van der Waals surface area (Å²) in [5.74, 6) is -1.31. The number of carbonyl (C=O) groups is 3. The molecule has 2 N–H and O–H groups in total. The van der Waals surface area contributed by atoms with E-state index in [9.17, 15) is 14.4 Å². The molecule has 7 nitrogen and oxygen atoms in total. The van der Waals surface area contributed by atoms with Crippen molar-refractivity contribution in [2.75, 3.05) is 11.4 Å². The first kappa shape index (κ1) is 19.7. The topological polar surface area (TPSA) is 91.7 Å². The molecule has 0 unspecified atom stereocenters. The summed E-state index contributed by atoms with van der Waals surface area (Å²) in [5, 5.41) is 4.89. The second kappa shape index (κ2) is 9.73. The van der Waals surface area contributed by atoms with Crippen molar-refractivity contribution in [3.05, 3.63) is 54.5 Å². The standard InChI is InChI=1S/C21H25N3O4/c25-19(15-23-21(27)20(26)22-14-18-12-7-13-28-18)24(16-8-3-1-4-9-16)17-10-5-2-6-11-17/h1,3-4,7-9,12-13,17H,2,5-6,10-11,14-15H2,(H,22,26)(H,23,27). The number of furan rings is 1. The van der Waals surface area contributed by atoms with Gasteiger partial charge < -0.3 is 20.0 Å². The average Bonchev–Trinajstić information content (AvgIpc) is 3.25. The van der Waals surface area contributed by atoms with Gasteiger partial charge in [-0.15, -0.1) is 0 Å². The van der Waals surface area contributed by atoms with Gasteiger partial charge in [-0.05, 0) is 37.1 Å². The van der Waals surface area contributed by atoms with Gasteiger partial charge in [0.05, 0.1) is 19.4 Å². The molecular formula is C21H25N3O4. The van der Waals surface area contributed by atoms with Crippen LogP contribution in [0.3, 0.4) is 0 Å². The van der Waals surface area contributed by atoms with Crippen LogP contribution >= 0.6 is 0 Å². The maximum absolute atomic E-state index is 12.9. The Bertz CT molecular complexity index is 783. The minimum atomic E-state index is -0.837. The Labute approximate surface area is 164 Å². The number of para-hydroxylation sites is 1. The molecule has 1 aromatic heterocycles. The number of hydrogen-bond donors (Lipinski definition) is 2. The number of carbonyl (C=O) groups excluding carboxylic acids is 3. The molecule has 1 aliphatic rings. The Morgan fingerprint density at radius 3 is 2.32 bits per heavy atom. The highest BCUT2D eigenvalue weighted by Gasteiger charge is 2.27. The quantitative estimate of drug-likeness (QED) is 0.749. The summed E-state index contributed by atoms with van der Waals surface area (Å²) < 4.78 is 5.10. The lowest BCUT2D eigenvalue weighted by Crippen LogP contribution is -2.49. The highest BCUT2D eigenvalue weighted by molar-refractivity contribution is 6.35. The lowest BCUT2D eigenvalue weighted by atomic mass is 9.93. The van der Waals surface area contributed by atoms with Gasteiger partial charge in [-0.25, -0.2) is 0 Å². The van der Waals surface area contributed by atoms with Crippen LogP contribution in [0.1, 0.15) is 37.9 Å². The number of rotatable bonds is 6. The normalized spacial score (nSPS) is 14.3. The molecule has 1 fully saturated rings. The van der Waals surface area contributed by atoms with E-state index < -0.39 is 11.8 Å². The first-order valence-corrected chi connectivity index (χ1v) is 9.60. The second-order valence-corrected chi connectivity index (χ2v) is 6.84. The Balaban J connectivity index is 1.56. The van der Waals surface area contributed by atoms with Gasteiger partial charge in [-0.1, -0.05) is 37.5 Å². The van der Waals surface area contributed by atoms with Crippen LogP contribution in [0.25, 0.3) is 0 Å². The van der Waals surface area contributed by atoms with Crippen LogP contribution < -0.4 is 15.5 Å². The summed E-state index contributed by atoms with van der Waals surface area (Å²) in [6, 6.07) is 13.0. The van der Waals surface area contributed by atoms with Crippen molar-refractivity contribution in [3.8, 4) is 0 Å². The van der Waals surface area contributed by atoms with E-state index in [-0.39, 0.29) is 25.0 Å². The number of hydrogen-bond acceptors (Lipinski definition) is 4. The van der Waals surface area contributed by atoms with E-state index in [1.165, 1.54) is 12.7 Å². The van der Waals surface area contributed by atoms with Gasteiger partial charge in [0.1, 0.15) is 5.76 Å². The molecule has 2 aromatic rings. The summed E-state index contributed by atoms with van der Waals surface area (Å²) in [4.78, 5) is 38.6. The van der Waals surface area contributed by atoms with E-state index in [1.54, 1.807) is 17.0 Å². The molecular weight excluding hydrogens is 358 g/mol. The zero-order valence-electron chi connectivity index (χ0n) is 15.7. The number of amides is 3. The molecule has 0 aliphatic heterocycles. The van der Waals surface area contributed by atoms with Crippen molar-refractivity contribution in [1.29, 1.82) is 0 Å². The van der Waals surface area contributed by atoms with E-state index >= 15 is 0 Å². The van der Waals surface area contributed by atoms with Gasteiger partial charge >= 0.3 is 11.8 Å². The number of anilines is 1. The number of nitrogens with zero attached hydrogens (tertiary/aromatic N) is 1. The largest absolute Gasteiger partial charge is 0.467 e. The third-order valence-corrected chi connectivity index (χ3v) is 4.85. The molecule has 0 spiro atoms. The molecule has 0 radical (unpaired) electrons. The molecule has 148 valence electrons. The SMILES string of the molecule is O=C(NCC(=O)N(c1ccccc1)C1CCCCC1)C(=O)NCc1ccco1. The van der Waals surface area contributed by atoms with Crippen molar-refractivity contribution >= 4 is 23.4 Å². The first-order valence-electron chi connectivity index (χ1n) is 9.60. The van der Waals surface area contributed by atoms with Crippen molar-refractivity contribution in [2.24, 2.45) is 0 Å². The van der Waals surface area contributed by atoms with E-state index in [0.29, 0.717) is 5.76 Å². The van der Waals surface area contributed by atoms with Crippen molar-refractivity contribution in [1.82, 2.24) is 10.6 Å². The molecule has 7 heteroatoms. The third-order valence-electron chi connectivity index (χ3n) is 4.85. The zero-order valence-corrected chi connectivity index (χ0v) is 15.7. The highest BCUT2D eigenvalue weighted by Crippen LogP contribution is 2.27. The summed E-state index contributed by atoms with van der Waals surface area (Å²) in [7, 11) is 0. The smallest absolute Gasteiger partial charge is 0.309 e. The van der Waals surface area contributed by atoms with Crippen LogP contribution in [-0.2, 0) is 20.9 Å². The Morgan fingerprint density at radius 2 is 1.64 bits per heavy atom. The van der Waals surface area contributed by atoms with Gasteiger partial charge in [-0.3, -0.25) is 14.4 Å². The van der Waals surface area contributed by atoms with Gasteiger partial charge in [-0.2, -0.15) is 0 Å². The second-order valence-electron chi connectivity index (χ2n) is 6.84. The predicted octanol–water partition coefficient (Wildman–Crippen LogP) is 2.38. The Kier molecular flexibility index (Phi) is 6.84. The van der Waals surface area contributed by atoms with Gasteiger partial charge in [0.15, 0.2) is 0 Å². The summed E-state index contributed by atoms with van der Waals surface area (Å²) in [6.45, 7) is -0.107. The van der Waals surface area contributed by atoms with E-state index in [1.807, 2.05) is 30.3 Å². The Hall–Kier alpha value is -3.09. The van der Waals surface area contributed by atoms with E-state index in [2.05, 4.69) is 10.6 Å². The van der Waals surface area contributed by atoms with Crippen LogP contribution in [0, 0.1) is 0 Å². The zero-order chi connectivity index (χ0) is 19.8. The first-order chi connectivity index (χ1) is 13.6. The fourth-order valence-corrected chi connectivity index (χ4v) is 3.47. The molecule has 1 heterocycles. The maximum atomic E-state index is 12.9. The van der Waals surface area contributed by atoms with Gasteiger partial charge in [0.2, 0.25) is 5.91 Å². The highest BCUT2D eigenvalue weighted by atomic mass is 16.3. The summed E-state index contributed by atoms with van der Waals surface area (Å²) >= 11 is 0. The molecule has 0 saturated heterocycles. The van der Waals surface area contributed by atoms with Crippen LogP contribution in [0.5, 0.6) is 0 Å². The number of nitrogens with one attached hydrogen (secondary N) is 2. The monoisotopic (exact) mass is 383 g/mol. The van der Waals surface area contributed by atoms with Crippen LogP contribution in [0.15, 0.2) is 53.1 Å². The van der Waals surface area contributed by atoms with Gasteiger partial charge in [0.25, 0.3) is 0 Å². The molecule has 0 atom stereocenters. The minimum absolute atomic E-state index is 0.116. The molecule has 0 bridgehead atoms. The molecule has 1 aromatic carbocycles. The average molecular weight is 383 g/mol. The number of benzene rings is 1. The molecule has 3 rings (SSSR count). The third kappa shape index (κ3) is 5.22. The van der Waals surface area contributed by atoms with Gasteiger partial charge in [0, 0.05) is 11.7 Å². The van der Waals surface area contributed by atoms with E-state index in [4.69, 9.17) is 4.42 Å². The van der Waals surface area contributed by atoms with Crippen molar-refractivity contribution in [2.45, 2.75) is 44.7 Å². The predicted molar refractivity (Wildman–Crippen MR) is 104 cm³/mol. The fraction of sp³-hybridized carbons (Fsp3) is 0.381. The fourth-order valence-electron chi connectivity index (χ4n) is 3.47. The van der Waals surface area contributed by atoms with Crippen molar-refractivity contribution < 1.29 is 18.8 Å². The molecule has 1 aliphatic carbocycles. The lowest BCUT2D eigenvalue weighted by Gasteiger charge is -2.34. The Morgan fingerprint density at radius 1 is 0.929 bits per heavy atom. The van der Waals surface area contributed by atoms with Crippen LogP contribution in [-0.4, -0.2) is 30.3 Å². The summed E-state index contributed by atoms with van der Waals surface area (Å²) in [6.07, 6.45) is 6.73. The van der Waals surface area contributed by atoms with Crippen molar-refractivity contribution in [3.63, 3.8) is 0 Å². The van der Waals surface area contributed by atoms with Crippen LogP contribution in [0.2, 0.25) is 0 Å². The maximum Gasteiger partial charge on any atom is 0.309 e. The van der Waals surface area contributed by atoms with Crippen LogP contribution in [0.4, 0.5) is 5.69 Å². The molecule has 1 saturated carbocycles. The summed E-state index contributed by atoms with van der Waals surface area (Å²) in [5.41, 5.74) is 0.816. The molecule has 3 amide bonds. The lowest BCUT2D eigenvalue weighted by molar-refractivity contribution is -0.139. The van der Waals surface area contributed by atoms with E-state index in [0.717, 1.165) is 31.4 Å².